The van der Waals surface area contributed by atoms with Crippen LogP contribution in [0.15, 0.2) is 10.9 Å². The molecular formula is C12H16N2O3S. The molecule has 0 aliphatic carbocycles. The average Bonchev–Trinajstić information content (AvgIpc) is 2.98. The molecule has 1 amide bonds. The Hall–Kier alpha value is -1.43. The van der Waals surface area contributed by atoms with Gasteiger partial charge in [-0.2, -0.15) is 0 Å². The minimum absolute atomic E-state index is 0.157. The normalized spacial score (nSPS) is 23.3. The molecule has 1 fully saturated rings. The Balaban J connectivity index is 2.11. The predicted molar refractivity (Wildman–Crippen MR) is 67.6 cm³/mol. The Bertz CT molecular complexity index is 446. The van der Waals surface area contributed by atoms with Crippen molar-refractivity contribution in [3.05, 3.63) is 16.6 Å². The topological polar surface area (TPSA) is 70.5 Å². The third-order valence-corrected chi connectivity index (χ3v) is 4.06. The first kappa shape index (κ1) is 13.0. The number of likely N-dealkylation sites (tertiary alicyclic amines) is 1. The van der Waals surface area contributed by atoms with Crippen LogP contribution in [0.1, 0.15) is 36.7 Å². The molecule has 0 saturated carbocycles. The second-order valence-corrected chi connectivity index (χ2v) is 5.40. The van der Waals surface area contributed by atoms with Crippen molar-refractivity contribution in [1.29, 1.82) is 0 Å². The minimum Gasteiger partial charge on any atom is -0.481 e. The van der Waals surface area contributed by atoms with Gasteiger partial charge in [0.1, 0.15) is 5.69 Å². The van der Waals surface area contributed by atoms with Crippen molar-refractivity contribution in [2.45, 2.75) is 26.2 Å². The Morgan fingerprint density at radius 2 is 2.39 bits per heavy atom. The van der Waals surface area contributed by atoms with Crippen LogP contribution < -0.4 is 0 Å². The van der Waals surface area contributed by atoms with Crippen LogP contribution >= 0.6 is 11.3 Å². The molecule has 0 spiro atoms. The van der Waals surface area contributed by atoms with Crippen LogP contribution in [-0.4, -0.2) is 40.0 Å². The fraction of sp³-hybridized carbons (Fsp3) is 0.583. The van der Waals surface area contributed by atoms with E-state index >= 15 is 0 Å². The summed E-state index contributed by atoms with van der Waals surface area (Å²) in [4.78, 5) is 29.1. The van der Waals surface area contributed by atoms with Gasteiger partial charge in [0, 0.05) is 18.5 Å². The molecule has 98 valence electrons. The predicted octanol–water partition coefficient (Wildman–Crippen LogP) is 1.86. The zero-order valence-electron chi connectivity index (χ0n) is 10.3. The van der Waals surface area contributed by atoms with E-state index in [1.165, 1.54) is 11.3 Å². The SMILES string of the molecule is CCCC1(C(=O)O)CCN(C(=O)c2cscn2)C1. The maximum atomic E-state index is 12.1. The van der Waals surface area contributed by atoms with Gasteiger partial charge in [-0.05, 0) is 12.8 Å². The summed E-state index contributed by atoms with van der Waals surface area (Å²) >= 11 is 1.37. The van der Waals surface area contributed by atoms with Crippen LogP contribution in [0.5, 0.6) is 0 Å². The fourth-order valence-electron chi connectivity index (χ4n) is 2.49. The Morgan fingerprint density at radius 1 is 1.61 bits per heavy atom. The summed E-state index contributed by atoms with van der Waals surface area (Å²) in [7, 11) is 0. The lowest BCUT2D eigenvalue weighted by atomic mass is 9.83. The Kier molecular flexibility index (Phi) is 3.65. The number of carbonyl (C=O) groups is 2. The second kappa shape index (κ2) is 5.06. The van der Waals surface area contributed by atoms with E-state index in [1.807, 2.05) is 6.92 Å². The van der Waals surface area contributed by atoms with Gasteiger partial charge in [-0.25, -0.2) is 4.98 Å². The molecule has 1 N–H and O–H groups in total. The van der Waals surface area contributed by atoms with E-state index in [0.717, 1.165) is 6.42 Å². The number of carboxylic acids is 1. The van der Waals surface area contributed by atoms with Crippen molar-refractivity contribution < 1.29 is 14.7 Å². The van der Waals surface area contributed by atoms with Crippen molar-refractivity contribution >= 4 is 23.2 Å². The highest BCUT2D eigenvalue weighted by Crippen LogP contribution is 2.36. The lowest BCUT2D eigenvalue weighted by Crippen LogP contribution is -2.37. The molecule has 1 unspecified atom stereocenters. The van der Waals surface area contributed by atoms with Gasteiger partial charge >= 0.3 is 5.97 Å². The molecule has 0 radical (unpaired) electrons. The third kappa shape index (κ3) is 2.25. The highest BCUT2D eigenvalue weighted by atomic mass is 32.1. The summed E-state index contributed by atoms with van der Waals surface area (Å²) in [5.74, 6) is -0.951. The summed E-state index contributed by atoms with van der Waals surface area (Å²) < 4.78 is 0. The van der Waals surface area contributed by atoms with E-state index < -0.39 is 11.4 Å². The molecule has 1 aromatic heterocycles. The maximum Gasteiger partial charge on any atom is 0.311 e. The molecule has 6 heteroatoms. The largest absolute Gasteiger partial charge is 0.481 e. The van der Waals surface area contributed by atoms with Crippen LogP contribution in [0.4, 0.5) is 0 Å². The molecule has 0 aromatic carbocycles. The number of aliphatic carboxylic acids is 1. The van der Waals surface area contributed by atoms with Crippen molar-refractivity contribution in [3.63, 3.8) is 0 Å². The lowest BCUT2D eigenvalue weighted by molar-refractivity contribution is -0.148. The highest BCUT2D eigenvalue weighted by Gasteiger charge is 2.45. The molecule has 5 nitrogen and oxygen atoms in total. The number of hydrogen-bond donors (Lipinski definition) is 1. The maximum absolute atomic E-state index is 12.1. The van der Waals surface area contributed by atoms with Gasteiger partial charge in [0.15, 0.2) is 0 Å². The van der Waals surface area contributed by atoms with Gasteiger partial charge in [0.2, 0.25) is 0 Å². The first-order valence-electron chi connectivity index (χ1n) is 6.00. The molecule has 1 aliphatic heterocycles. The molecule has 2 heterocycles. The van der Waals surface area contributed by atoms with E-state index in [2.05, 4.69) is 4.98 Å². The smallest absolute Gasteiger partial charge is 0.311 e. The number of amides is 1. The van der Waals surface area contributed by atoms with Crippen molar-refractivity contribution in [3.8, 4) is 0 Å². The summed E-state index contributed by atoms with van der Waals surface area (Å²) in [6.45, 7) is 2.77. The van der Waals surface area contributed by atoms with E-state index in [9.17, 15) is 14.7 Å². The van der Waals surface area contributed by atoms with Gasteiger partial charge in [-0.15, -0.1) is 11.3 Å². The van der Waals surface area contributed by atoms with Gasteiger partial charge in [0.05, 0.1) is 10.9 Å². The molecule has 1 saturated heterocycles. The van der Waals surface area contributed by atoms with Gasteiger partial charge < -0.3 is 10.0 Å². The lowest BCUT2D eigenvalue weighted by Gasteiger charge is -2.23. The Labute approximate surface area is 109 Å². The first-order chi connectivity index (χ1) is 8.59. The molecular weight excluding hydrogens is 252 g/mol. The van der Waals surface area contributed by atoms with Crippen LogP contribution in [0, 0.1) is 5.41 Å². The summed E-state index contributed by atoms with van der Waals surface area (Å²) in [6, 6.07) is 0. The van der Waals surface area contributed by atoms with Gasteiger partial charge in [0.25, 0.3) is 5.91 Å². The molecule has 1 aromatic rings. The van der Waals surface area contributed by atoms with Crippen LogP contribution in [0.3, 0.4) is 0 Å². The second-order valence-electron chi connectivity index (χ2n) is 4.69. The summed E-state index contributed by atoms with van der Waals surface area (Å²) in [5.41, 5.74) is 1.26. The summed E-state index contributed by atoms with van der Waals surface area (Å²) in [6.07, 6.45) is 1.96. The number of hydrogen-bond acceptors (Lipinski definition) is 4. The molecule has 18 heavy (non-hydrogen) atoms. The van der Waals surface area contributed by atoms with Crippen molar-refractivity contribution in [1.82, 2.24) is 9.88 Å². The zero-order chi connectivity index (χ0) is 13.2. The number of thiazole rings is 1. The third-order valence-electron chi connectivity index (χ3n) is 3.47. The minimum atomic E-state index is -0.794. The van der Waals surface area contributed by atoms with Gasteiger partial charge in [-0.3, -0.25) is 9.59 Å². The number of nitrogens with zero attached hydrogens (tertiary/aromatic N) is 2. The highest BCUT2D eigenvalue weighted by molar-refractivity contribution is 7.07. The number of rotatable bonds is 4. The van der Waals surface area contributed by atoms with E-state index in [-0.39, 0.29) is 5.91 Å². The number of carboxylic acid groups (broad SMARTS) is 1. The first-order valence-corrected chi connectivity index (χ1v) is 6.94. The van der Waals surface area contributed by atoms with Crippen molar-refractivity contribution in [2.75, 3.05) is 13.1 Å². The van der Waals surface area contributed by atoms with Gasteiger partial charge in [-0.1, -0.05) is 13.3 Å². The molecule has 1 aliphatic rings. The molecule has 0 bridgehead atoms. The van der Waals surface area contributed by atoms with E-state index in [0.29, 0.717) is 31.6 Å². The van der Waals surface area contributed by atoms with E-state index in [4.69, 9.17) is 0 Å². The zero-order valence-corrected chi connectivity index (χ0v) is 11.1. The monoisotopic (exact) mass is 268 g/mol. The van der Waals surface area contributed by atoms with Crippen LogP contribution in [0.2, 0.25) is 0 Å². The summed E-state index contributed by atoms with van der Waals surface area (Å²) in [5, 5.41) is 11.1. The van der Waals surface area contributed by atoms with Crippen molar-refractivity contribution in [2.24, 2.45) is 5.41 Å². The molecule has 2 rings (SSSR count). The van der Waals surface area contributed by atoms with Crippen LogP contribution in [-0.2, 0) is 4.79 Å². The average molecular weight is 268 g/mol. The Morgan fingerprint density at radius 3 is 2.94 bits per heavy atom. The molecule has 1 atom stereocenters. The quantitative estimate of drug-likeness (QED) is 0.904. The van der Waals surface area contributed by atoms with E-state index in [1.54, 1.807) is 15.8 Å². The standard InChI is InChI=1S/C12H16N2O3S/c1-2-3-12(11(16)17)4-5-14(7-12)10(15)9-6-18-8-13-9/h6,8H,2-5,7H2,1H3,(H,16,17). The fourth-order valence-corrected chi connectivity index (χ4v) is 3.02. The number of aromatic nitrogens is 1. The van der Waals surface area contributed by atoms with Crippen LogP contribution in [0.25, 0.3) is 0 Å². The number of carbonyl (C=O) groups excluding carboxylic acids is 1.